The zero-order valence-electron chi connectivity index (χ0n) is 10.5. The molecule has 1 amide bonds. The molecule has 0 fully saturated rings. The molecule has 0 radical (unpaired) electrons. The van der Waals surface area contributed by atoms with Gasteiger partial charge < -0.3 is 5.32 Å². The minimum Gasteiger partial charge on any atom is -0.355 e. The molecule has 19 heavy (non-hydrogen) atoms. The fraction of sp³-hybridized carbons (Fsp3) is 0.357. The zero-order chi connectivity index (χ0) is 13.8. The van der Waals surface area contributed by atoms with Crippen molar-refractivity contribution in [3.63, 3.8) is 0 Å². The van der Waals surface area contributed by atoms with Gasteiger partial charge in [0, 0.05) is 18.0 Å². The van der Waals surface area contributed by atoms with Gasteiger partial charge in [-0.3, -0.25) is 4.79 Å². The summed E-state index contributed by atoms with van der Waals surface area (Å²) < 4.78 is 0.540. The van der Waals surface area contributed by atoms with Gasteiger partial charge in [-0.25, -0.2) is 0 Å². The second-order valence-electron chi connectivity index (χ2n) is 4.55. The van der Waals surface area contributed by atoms with Crippen molar-refractivity contribution >= 4 is 40.9 Å². The molecule has 1 aliphatic rings. The Hall–Kier alpha value is -0.640. The second-order valence-corrected chi connectivity index (χ2v) is 6.82. The molecule has 2 unspecified atom stereocenters. The number of halogens is 2. The third kappa shape index (κ3) is 3.91. The molecule has 2 rings (SSSR count). The van der Waals surface area contributed by atoms with E-state index in [1.807, 2.05) is 18.2 Å². The summed E-state index contributed by atoms with van der Waals surface area (Å²) in [5.74, 6) is 0.289. The topological polar surface area (TPSA) is 29.1 Å². The van der Waals surface area contributed by atoms with Gasteiger partial charge in [0.15, 0.2) is 0 Å². The molecule has 1 aromatic carbocycles. The highest BCUT2D eigenvalue weighted by molar-refractivity contribution is 8.06. The lowest BCUT2D eigenvalue weighted by Gasteiger charge is -2.15. The van der Waals surface area contributed by atoms with Crippen molar-refractivity contribution in [3.05, 3.63) is 45.3 Å². The number of thioether (sulfide) groups is 1. The molecule has 2 atom stereocenters. The van der Waals surface area contributed by atoms with E-state index in [2.05, 4.69) is 24.4 Å². The van der Waals surface area contributed by atoms with E-state index >= 15 is 0 Å². The quantitative estimate of drug-likeness (QED) is 0.907. The maximum Gasteiger partial charge on any atom is 0.233 e. The van der Waals surface area contributed by atoms with Crippen LogP contribution in [0.3, 0.4) is 0 Å². The Morgan fingerprint density at radius 1 is 1.42 bits per heavy atom. The van der Waals surface area contributed by atoms with Gasteiger partial charge >= 0.3 is 0 Å². The molecule has 0 aliphatic carbocycles. The van der Waals surface area contributed by atoms with Crippen molar-refractivity contribution in [1.29, 1.82) is 0 Å². The number of benzene rings is 1. The molecule has 0 saturated carbocycles. The Balaban J connectivity index is 1.82. The monoisotopic (exact) mass is 315 g/mol. The van der Waals surface area contributed by atoms with Crippen molar-refractivity contribution in [2.24, 2.45) is 0 Å². The first-order valence-electron chi connectivity index (χ1n) is 6.11. The standard InChI is InChI=1S/C14H15Cl2NOS/c1-9(10-5-3-2-4-6-10)8-17-14(18)12-7-11(15)13(16)19-12/h2-6,9,12H,7-8H2,1H3,(H,17,18). The Morgan fingerprint density at radius 2 is 2.11 bits per heavy atom. The Bertz CT molecular complexity index is 475. The fourth-order valence-corrected chi connectivity index (χ4v) is 3.57. The number of hydrogen-bond donors (Lipinski definition) is 1. The summed E-state index contributed by atoms with van der Waals surface area (Å²) in [7, 11) is 0. The Morgan fingerprint density at radius 3 is 2.68 bits per heavy atom. The van der Waals surface area contributed by atoms with Gasteiger partial charge in [-0.1, -0.05) is 72.2 Å². The Labute approximate surface area is 127 Å². The summed E-state index contributed by atoms with van der Waals surface area (Å²) in [5.41, 5.74) is 1.22. The smallest absolute Gasteiger partial charge is 0.233 e. The van der Waals surface area contributed by atoms with Crippen molar-refractivity contribution in [2.45, 2.75) is 24.5 Å². The van der Waals surface area contributed by atoms with E-state index in [4.69, 9.17) is 23.2 Å². The molecule has 1 N–H and O–H groups in total. The summed E-state index contributed by atoms with van der Waals surface area (Å²) in [5, 5.41) is 3.35. The summed E-state index contributed by atoms with van der Waals surface area (Å²) in [4.78, 5) is 12.0. The summed E-state index contributed by atoms with van der Waals surface area (Å²) >= 11 is 13.1. The maximum absolute atomic E-state index is 12.0. The summed E-state index contributed by atoms with van der Waals surface area (Å²) in [6, 6.07) is 10.1. The molecule has 1 aliphatic heterocycles. The highest BCUT2D eigenvalue weighted by Gasteiger charge is 2.28. The van der Waals surface area contributed by atoms with Crippen molar-refractivity contribution in [3.8, 4) is 0 Å². The first kappa shape index (κ1) is 14.8. The summed E-state index contributed by atoms with van der Waals surface area (Å²) in [6.45, 7) is 2.71. The molecule has 0 saturated heterocycles. The Kier molecular flexibility index (Phi) is 5.20. The fourth-order valence-electron chi connectivity index (χ4n) is 1.89. The molecule has 1 aromatic rings. The van der Waals surface area contributed by atoms with Crippen LogP contribution in [-0.2, 0) is 4.79 Å². The van der Waals surface area contributed by atoms with Crippen LogP contribution >= 0.6 is 35.0 Å². The summed E-state index contributed by atoms with van der Waals surface area (Å²) in [6.07, 6.45) is 0.524. The highest BCUT2D eigenvalue weighted by Crippen LogP contribution is 2.41. The maximum atomic E-state index is 12.0. The van der Waals surface area contributed by atoms with Gasteiger partial charge in [0.25, 0.3) is 0 Å². The second kappa shape index (κ2) is 6.69. The number of rotatable bonds is 4. The van der Waals surface area contributed by atoms with E-state index < -0.39 is 0 Å². The van der Waals surface area contributed by atoms with Crippen LogP contribution in [0.15, 0.2) is 39.7 Å². The van der Waals surface area contributed by atoms with Gasteiger partial charge in [-0.2, -0.15) is 0 Å². The molecular weight excluding hydrogens is 301 g/mol. The predicted molar refractivity (Wildman–Crippen MR) is 82.6 cm³/mol. The van der Waals surface area contributed by atoms with Gasteiger partial charge in [0.05, 0.1) is 9.61 Å². The van der Waals surface area contributed by atoms with Crippen molar-refractivity contribution in [1.82, 2.24) is 5.32 Å². The lowest BCUT2D eigenvalue weighted by molar-refractivity contribution is -0.120. The van der Waals surface area contributed by atoms with E-state index in [0.717, 1.165) is 0 Å². The van der Waals surface area contributed by atoms with Crippen LogP contribution in [0.5, 0.6) is 0 Å². The van der Waals surface area contributed by atoms with Gasteiger partial charge in [0.1, 0.15) is 0 Å². The van der Waals surface area contributed by atoms with Crippen LogP contribution in [0, 0.1) is 0 Å². The van der Waals surface area contributed by atoms with Crippen LogP contribution in [0.4, 0.5) is 0 Å². The molecule has 102 valence electrons. The third-order valence-corrected chi connectivity index (χ3v) is 5.23. The minimum absolute atomic E-state index is 0.00146. The zero-order valence-corrected chi connectivity index (χ0v) is 12.9. The molecule has 0 aromatic heterocycles. The number of nitrogens with one attached hydrogen (secondary N) is 1. The molecule has 2 nitrogen and oxygen atoms in total. The van der Waals surface area contributed by atoms with E-state index in [1.54, 1.807) is 0 Å². The van der Waals surface area contributed by atoms with Crippen LogP contribution < -0.4 is 5.32 Å². The number of carbonyl (C=O) groups excluding carboxylic acids is 1. The minimum atomic E-state index is -0.192. The molecule has 1 heterocycles. The van der Waals surface area contributed by atoms with Crippen molar-refractivity contribution < 1.29 is 4.79 Å². The molecule has 5 heteroatoms. The average molecular weight is 316 g/mol. The van der Waals surface area contributed by atoms with Crippen molar-refractivity contribution in [2.75, 3.05) is 6.54 Å². The van der Waals surface area contributed by atoms with Crippen LogP contribution in [0.2, 0.25) is 0 Å². The lowest BCUT2D eigenvalue weighted by Crippen LogP contribution is -2.34. The average Bonchev–Trinajstić information content (AvgIpc) is 2.77. The molecule has 0 spiro atoms. The van der Waals surface area contributed by atoms with E-state index in [9.17, 15) is 4.79 Å². The third-order valence-electron chi connectivity index (χ3n) is 3.07. The number of allylic oxidation sites excluding steroid dienone is 1. The van der Waals surface area contributed by atoms with Gasteiger partial charge in [-0.05, 0) is 11.5 Å². The first-order chi connectivity index (χ1) is 9.08. The lowest BCUT2D eigenvalue weighted by atomic mass is 10.0. The van der Waals surface area contributed by atoms with Gasteiger partial charge in [0.2, 0.25) is 5.91 Å². The van der Waals surface area contributed by atoms with Crippen LogP contribution in [0.1, 0.15) is 24.8 Å². The van der Waals surface area contributed by atoms with E-state index in [-0.39, 0.29) is 17.1 Å². The van der Waals surface area contributed by atoms with Crippen LogP contribution in [0.25, 0.3) is 0 Å². The van der Waals surface area contributed by atoms with Gasteiger partial charge in [-0.15, -0.1) is 0 Å². The van der Waals surface area contributed by atoms with E-state index in [1.165, 1.54) is 17.3 Å². The van der Waals surface area contributed by atoms with Crippen LogP contribution in [-0.4, -0.2) is 17.7 Å². The van der Waals surface area contributed by atoms with E-state index in [0.29, 0.717) is 22.4 Å². The number of amides is 1. The molecule has 0 bridgehead atoms. The molecular formula is C14H15Cl2NOS. The highest BCUT2D eigenvalue weighted by atomic mass is 35.5. The largest absolute Gasteiger partial charge is 0.355 e. The predicted octanol–water partition coefficient (Wildman–Crippen LogP) is 4.06. The normalized spacial score (nSPS) is 20.5. The number of carbonyl (C=O) groups is 1. The number of hydrogen-bond acceptors (Lipinski definition) is 2. The SMILES string of the molecule is CC(CNC(=O)C1CC(Cl)=C(Cl)S1)c1ccccc1. The first-order valence-corrected chi connectivity index (χ1v) is 7.75.